The minimum atomic E-state index is -1.02. The van der Waals surface area contributed by atoms with Crippen molar-refractivity contribution < 1.29 is 19.8 Å². The van der Waals surface area contributed by atoms with E-state index in [-0.39, 0.29) is 61.0 Å². The van der Waals surface area contributed by atoms with Crippen LogP contribution in [0.25, 0.3) is 0 Å². The third-order valence-corrected chi connectivity index (χ3v) is 4.81. The monoisotopic (exact) mass is 409 g/mol. The van der Waals surface area contributed by atoms with E-state index in [0.29, 0.717) is 6.42 Å². The van der Waals surface area contributed by atoms with Crippen molar-refractivity contribution in [3.63, 3.8) is 0 Å². The van der Waals surface area contributed by atoms with Crippen molar-refractivity contribution in [3.05, 3.63) is 0 Å². The molecule has 5 atom stereocenters. The number of nitrogens with two attached hydrogens (primary N) is 1. The fraction of sp³-hybridized carbons (Fsp3) is 0.895. The van der Waals surface area contributed by atoms with Crippen molar-refractivity contribution in [2.75, 3.05) is 6.61 Å². The van der Waals surface area contributed by atoms with Crippen molar-refractivity contribution in [1.29, 1.82) is 0 Å². The Balaban J connectivity index is 0. The van der Waals surface area contributed by atoms with Crippen LogP contribution in [0.5, 0.6) is 0 Å². The highest BCUT2D eigenvalue weighted by molar-refractivity contribution is 5.85. The zero-order valence-corrected chi connectivity index (χ0v) is 18.4. The summed E-state index contributed by atoms with van der Waals surface area (Å²) in [6, 6.07) is -1.55. The molecule has 27 heavy (non-hydrogen) atoms. The number of hydrogen-bond donors (Lipinski definition) is 5. The molecular weight excluding hydrogens is 370 g/mol. The maximum absolute atomic E-state index is 12.2. The van der Waals surface area contributed by atoms with Crippen LogP contribution in [0, 0.1) is 17.8 Å². The summed E-state index contributed by atoms with van der Waals surface area (Å²) in [5.41, 5.74) is 5.87. The topological polar surface area (TPSA) is 125 Å². The van der Waals surface area contributed by atoms with Gasteiger partial charge in [0.05, 0.1) is 37.3 Å². The van der Waals surface area contributed by atoms with Crippen LogP contribution in [0.2, 0.25) is 0 Å². The number of nitrogens with one attached hydrogen (secondary N) is 2. The molecule has 0 radical (unpaired) electrons. The quantitative estimate of drug-likeness (QED) is 0.331. The molecule has 7 nitrogen and oxygen atoms in total. The highest BCUT2D eigenvalue weighted by Gasteiger charge is 2.28. The first kappa shape index (κ1) is 28.3. The Bertz CT molecular complexity index is 435. The number of hydrogen-bond acceptors (Lipinski definition) is 5. The van der Waals surface area contributed by atoms with Gasteiger partial charge in [-0.3, -0.25) is 9.59 Å². The van der Waals surface area contributed by atoms with E-state index >= 15 is 0 Å². The second-order valence-corrected chi connectivity index (χ2v) is 8.03. The second kappa shape index (κ2) is 14.2. The van der Waals surface area contributed by atoms with E-state index in [2.05, 4.69) is 10.6 Å². The highest BCUT2D eigenvalue weighted by Crippen LogP contribution is 2.13. The fourth-order valence-corrected chi connectivity index (χ4v) is 2.65. The average molecular weight is 410 g/mol. The Morgan fingerprint density at radius 2 is 1.59 bits per heavy atom. The van der Waals surface area contributed by atoms with E-state index in [9.17, 15) is 19.8 Å². The molecule has 0 saturated heterocycles. The molecule has 0 bridgehead atoms. The third kappa shape index (κ3) is 10.9. The van der Waals surface area contributed by atoms with Gasteiger partial charge in [-0.2, -0.15) is 0 Å². The molecule has 2 amide bonds. The minimum Gasteiger partial charge on any atom is -0.394 e. The zero-order chi connectivity index (χ0) is 20.4. The van der Waals surface area contributed by atoms with E-state index in [1.807, 2.05) is 41.5 Å². The molecule has 6 N–H and O–H groups in total. The molecule has 0 aliphatic rings. The molecule has 0 saturated carbocycles. The number of amides is 2. The Kier molecular flexibility index (Phi) is 14.8. The molecule has 8 heteroatoms. The summed E-state index contributed by atoms with van der Waals surface area (Å²) in [5, 5.41) is 25.5. The predicted molar refractivity (Wildman–Crippen MR) is 111 cm³/mol. The summed E-state index contributed by atoms with van der Waals surface area (Å²) >= 11 is 0. The highest BCUT2D eigenvalue weighted by atomic mass is 35.5. The lowest BCUT2D eigenvalue weighted by molar-refractivity contribution is -0.128. The van der Waals surface area contributed by atoms with Crippen LogP contribution >= 0.6 is 12.4 Å². The van der Waals surface area contributed by atoms with Gasteiger partial charge in [-0.15, -0.1) is 12.4 Å². The van der Waals surface area contributed by atoms with Gasteiger partial charge in [0.2, 0.25) is 11.8 Å². The molecule has 0 aromatic carbocycles. The fourth-order valence-electron chi connectivity index (χ4n) is 2.65. The van der Waals surface area contributed by atoms with E-state index in [4.69, 9.17) is 5.73 Å². The Morgan fingerprint density at radius 3 is 2.00 bits per heavy atom. The van der Waals surface area contributed by atoms with Crippen LogP contribution in [-0.2, 0) is 9.59 Å². The van der Waals surface area contributed by atoms with Gasteiger partial charge in [0.15, 0.2) is 0 Å². The number of rotatable bonds is 12. The molecule has 0 heterocycles. The minimum absolute atomic E-state index is 0. The van der Waals surface area contributed by atoms with Crippen molar-refractivity contribution >= 4 is 24.2 Å². The van der Waals surface area contributed by atoms with Gasteiger partial charge >= 0.3 is 0 Å². The molecular formula is C19H40ClN3O4. The molecule has 3 unspecified atom stereocenters. The van der Waals surface area contributed by atoms with Crippen molar-refractivity contribution in [1.82, 2.24) is 10.6 Å². The lowest BCUT2D eigenvalue weighted by Crippen LogP contribution is -2.53. The molecule has 0 aliphatic heterocycles. The van der Waals surface area contributed by atoms with Crippen LogP contribution in [0.4, 0.5) is 0 Å². The normalized spacial score (nSPS) is 16.9. The van der Waals surface area contributed by atoms with E-state index in [1.54, 1.807) is 0 Å². The largest absolute Gasteiger partial charge is 0.394 e. The number of aliphatic hydroxyl groups excluding tert-OH is 2. The second-order valence-electron chi connectivity index (χ2n) is 8.03. The van der Waals surface area contributed by atoms with Gasteiger partial charge < -0.3 is 26.6 Å². The zero-order valence-electron chi connectivity index (χ0n) is 17.6. The Labute approximate surface area is 170 Å². The van der Waals surface area contributed by atoms with E-state index in [0.717, 1.165) is 6.42 Å². The molecule has 0 aromatic rings. The summed E-state index contributed by atoms with van der Waals surface area (Å²) in [6.45, 7) is 11.5. The molecule has 0 aliphatic carbocycles. The summed E-state index contributed by atoms with van der Waals surface area (Å²) in [7, 11) is 0. The molecule has 0 fully saturated rings. The van der Waals surface area contributed by atoms with Crippen LogP contribution in [0.15, 0.2) is 0 Å². The molecule has 162 valence electrons. The van der Waals surface area contributed by atoms with Crippen LogP contribution in [0.1, 0.15) is 60.8 Å². The van der Waals surface area contributed by atoms with Crippen molar-refractivity contribution in [3.8, 4) is 0 Å². The van der Waals surface area contributed by atoms with Crippen LogP contribution in [0.3, 0.4) is 0 Å². The van der Waals surface area contributed by atoms with Crippen LogP contribution < -0.4 is 16.4 Å². The number of halogens is 1. The van der Waals surface area contributed by atoms with Crippen molar-refractivity contribution in [2.45, 2.75) is 85.0 Å². The lowest BCUT2D eigenvalue weighted by Gasteiger charge is -2.28. The van der Waals surface area contributed by atoms with Crippen LogP contribution in [-0.4, -0.2) is 52.9 Å². The molecule has 0 spiro atoms. The lowest BCUT2D eigenvalue weighted by atomic mass is 9.95. The van der Waals surface area contributed by atoms with Gasteiger partial charge in [-0.25, -0.2) is 0 Å². The van der Waals surface area contributed by atoms with E-state index in [1.165, 1.54) is 0 Å². The SMILES string of the molecule is CCC(C)[C@@H](CO)NC(=O)CC(O)C(CC(C)C)NC(=O)[C@@H](N)C(C)C.Cl. The average Bonchev–Trinajstić information content (AvgIpc) is 2.56. The first-order valence-electron chi connectivity index (χ1n) is 9.67. The van der Waals surface area contributed by atoms with Gasteiger partial charge in [0.1, 0.15) is 0 Å². The van der Waals surface area contributed by atoms with Gasteiger partial charge in [-0.1, -0.05) is 48.0 Å². The third-order valence-electron chi connectivity index (χ3n) is 4.81. The Morgan fingerprint density at radius 1 is 1.04 bits per heavy atom. The maximum atomic E-state index is 12.2. The number of aliphatic hydroxyl groups is 2. The number of carbonyl (C=O) groups excluding carboxylic acids is 2. The standard InChI is InChI=1S/C19H39N3O4.ClH/c1-7-13(6)15(10-23)21-17(25)9-16(24)14(8-11(2)3)22-19(26)18(20)12(4)5;/h11-16,18,23-24H,7-10,20H2,1-6H3,(H,21,25)(H,22,26);1H/t13?,14?,15-,16?,18+;/m1./s1. The van der Waals surface area contributed by atoms with Gasteiger partial charge in [0, 0.05) is 0 Å². The van der Waals surface area contributed by atoms with Gasteiger partial charge in [-0.05, 0) is 24.2 Å². The summed E-state index contributed by atoms with van der Waals surface area (Å²) in [5.74, 6) is -0.308. The first-order chi connectivity index (χ1) is 12.0. The van der Waals surface area contributed by atoms with Crippen molar-refractivity contribution in [2.24, 2.45) is 23.5 Å². The molecule has 0 rings (SSSR count). The first-order valence-corrected chi connectivity index (χ1v) is 9.67. The predicted octanol–water partition coefficient (Wildman–Crippen LogP) is 1.20. The maximum Gasteiger partial charge on any atom is 0.237 e. The summed E-state index contributed by atoms with van der Waals surface area (Å²) in [6.07, 6.45) is 0.214. The smallest absolute Gasteiger partial charge is 0.237 e. The summed E-state index contributed by atoms with van der Waals surface area (Å²) < 4.78 is 0. The summed E-state index contributed by atoms with van der Waals surface area (Å²) in [4.78, 5) is 24.5. The Hall–Kier alpha value is -0.890. The molecule has 0 aromatic heterocycles. The number of carbonyl (C=O) groups is 2. The van der Waals surface area contributed by atoms with E-state index < -0.39 is 18.2 Å². The van der Waals surface area contributed by atoms with Gasteiger partial charge in [0.25, 0.3) is 0 Å².